The van der Waals surface area contributed by atoms with Crippen LogP contribution in [0.15, 0.2) is 4.47 Å². The highest BCUT2D eigenvalue weighted by Gasteiger charge is 2.39. The SMILES string of the molecule is CC(C)CNC(=O)c1c(Br)c(C(F)(F)F)nn1C. The maximum absolute atomic E-state index is 12.6. The zero-order chi connectivity index (χ0) is 14.1. The van der Waals surface area contributed by atoms with Crippen molar-refractivity contribution in [3.8, 4) is 0 Å². The number of aryl methyl sites for hydroxylation is 1. The lowest BCUT2D eigenvalue weighted by molar-refractivity contribution is -0.142. The van der Waals surface area contributed by atoms with E-state index in [4.69, 9.17) is 0 Å². The molecule has 4 nitrogen and oxygen atoms in total. The highest BCUT2D eigenvalue weighted by Crippen LogP contribution is 2.35. The topological polar surface area (TPSA) is 46.9 Å². The molecule has 0 aliphatic carbocycles. The number of alkyl halides is 3. The molecule has 1 N–H and O–H groups in total. The molecule has 0 fully saturated rings. The number of amides is 1. The second-order valence-electron chi connectivity index (χ2n) is 4.24. The Morgan fingerprint density at radius 1 is 1.50 bits per heavy atom. The van der Waals surface area contributed by atoms with Gasteiger partial charge in [0.1, 0.15) is 5.69 Å². The number of nitrogens with one attached hydrogen (secondary N) is 1. The summed E-state index contributed by atoms with van der Waals surface area (Å²) in [6, 6.07) is 0. The van der Waals surface area contributed by atoms with Crippen LogP contribution in [0.4, 0.5) is 13.2 Å². The molecule has 8 heteroatoms. The van der Waals surface area contributed by atoms with Crippen molar-refractivity contribution >= 4 is 21.8 Å². The van der Waals surface area contributed by atoms with Crippen LogP contribution < -0.4 is 5.32 Å². The number of carbonyl (C=O) groups is 1. The molecular weight excluding hydrogens is 315 g/mol. The van der Waals surface area contributed by atoms with Gasteiger partial charge in [-0.05, 0) is 21.8 Å². The fourth-order valence-electron chi connectivity index (χ4n) is 1.31. The van der Waals surface area contributed by atoms with Crippen molar-refractivity contribution in [1.29, 1.82) is 0 Å². The van der Waals surface area contributed by atoms with Gasteiger partial charge in [0.25, 0.3) is 5.91 Å². The van der Waals surface area contributed by atoms with Crippen molar-refractivity contribution < 1.29 is 18.0 Å². The lowest BCUT2D eigenvalue weighted by Crippen LogP contribution is -2.29. The fraction of sp³-hybridized carbons (Fsp3) is 0.600. The smallest absolute Gasteiger partial charge is 0.350 e. The quantitative estimate of drug-likeness (QED) is 0.927. The third-order valence-electron chi connectivity index (χ3n) is 2.14. The predicted octanol–water partition coefficient (Wildman–Crippen LogP) is 2.59. The van der Waals surface area contributed by atoms with Gasteiger partial charge in [0.2, 0.25) is 0 Å². The first-order valence-electron chi connectivity index (χ1n) is 5.22. The lowest BCUT2D eigenvalue weighted by atomic mass is 10.2. The molecule has 0 saturated carbocycles. The summed E-state index contributed by atoms with van der Waals surface area (Å²) in [7, 11) is 1.30. The molecule has 102 valence electrons. The van der Waals surface area contributed by atoms with E-state index in [0.717, 1.165) is 4.68 Å². The van der Waals surface area contributed by atoms with E-state index in [-0.39, 0.29) is 16.1 Å². The van der Waals surface area contributed by atoms with Crippen LogP contribution in [0.25, 0.3) is 0 Å². The molecule has 1 aromatic heterocycles. The number of halogens is 4. The zero-order valence-corrected chi connectivity index (χ0v) is 11.7. The monoisotopic (exact) mass is 327 g/mol. The van der Waals surface area contributed by atoms with Crippen molar-refractivity contribution in [1.82, 2.24) is 15.1 Å². The Morgan fingerprint density at radius 3 is 2.44 bits per heavy atom. The molecule has 0 aliphatic rings. The molecule has 0 aliphatic heterocycles. The summed E-state index contributed by atoms with van der Waals surface area (Å²) in [5.41, 5.74) is -1.23. The second kappa shape index (κ2) is 5.29. The largest absolute Gasteiger partial charge is 0.436 e. The third-order valence-corrected chi connectivity index (χ3v) is 2.90. The van der Waals surface area contributed by atoms with Gasteiger partial charge < -0.3 is 5.32 Å². The number of rotatable bonds is 3. The number of hydrogen-bond donors (Lipinski definition) is 1. The van der Waals surface area contributed by atoms with Gasteiger partial charge in [-0.1, -0.05) is 13.8 Å². The summed E-state index contributed by atoms with van der Waals surface area (Å²) in [6.45, 7) is 4.16. The van der Waals surface area contributed by atoms with Gasteiger partial charge in [-0.15, -0.1) is 0 Å². The van der Waals surface area contributed by atoms with E-state index < -0.39 is 17.8 Å². The summed E-state index contributed by atoms with van der Waals surface area (Å²) < 4.78 is 38.3. The van der Waals surface area contributed by atoms with Gasteiger partial charge in [0.05, 0.1) is 4.47 Å². The Bertz CT molecular complexity index is 454. The molecule has 0 bridgehead atoms. The molecular formula is C10H13BrF3N3O. The Kier molecular flexibility index (Phi) is 4.41. The minimum atomic E-state index is -4.59. The van der Waals surface area contributed by atoms with E-state index in [9.17, 15) is 18.0 Å². The Balaban J connectivity index is 3.04. The first-order valence-corrected chi connectivity index (χ1v) is 6.01. The number of hydrogen-bond acceptors (Lipinski definition) is 2. The standard InChI is InChI=1S/C10H13BrF3N3O/c1-5(2)4-15-9(18)7-6(11)8(10(12,13)14)16-17(7)3/h5H,4H2,1-3H3,(H,15,18). The molecule has 0 saturated heterocycles. The summed E-state index contributed by atoms with van der Waals surface area (Å²) in [6.07, 6.45) is -4.59. The number of carbonyl (C=O) groups excluding carboxylic acids is 1. The molecule has 0 unspecified atom stereocenters. The van der Waals surface area contributed by atoms with Gasteiger partial charge >= 0.3 is 6.18 Å². The molecule has 1 amide bonds. The molecule has 1 aromatic rings. The lowest BCUT2D eigenvalue weighted by Gasteiger charge is -2.08. The summed E-state index contributed by atoms with van der Waals surface area (Å²) in [5, 5.41) is 5.86. The van der Waals surface area contributed by atoms with Crippen LogP contribution in [-0.2, 0) is 13.2 Å². The maximum atomic E-state index is 12.6. The molecule has 0 atom stereocenters. The van der Waals surface area contributed by atoms with Gasteiger partial charge in [-0.3, -0.25) is 9.48 Å². The van der Waals surface area contributed by atoms with Crippen molar-refractivity contribution in [2.45, 2.75) is 20.0 Å². The minimum absolute atomic E-state index is 0.136. The average Bonchev–Trinajstić information content (AvgIpc) is 2.50. The van der Waals surface area contributed by atoms with Crippen LogP contribution in [0.3, 0.4) is 0 Å². The van der Waals surface area contributed by atoms with Gasteiger partial charge in [0.15, 0.2) is 5.69 Å². The fourth-order valence-corrected chi connectivity index (χ4v) is 2.05. The molecule has 18 heavy (non-hydrogen) atoms. The highest BCUT2D eigenvalue weighted by molar-refractivity contribution is 9.10. The Morgan fingerprint density at radius 2 is 2.06 bits per heavy atom. The van der Waals surface area contributed by atoms with E-state index in [2.05, 4.69) is 26.3 Å². The van der Waals surface area contributed by atoms with Crippen molar-refractivity contribution in [2.24, 2.45) is 13.0 Å². The third kappa shape index (κ3) is 3.24. The number of aromatic nitrogens is 2. The van der Waals surface area contributed by atoms with Gasteiger partial charge in [0, 0.05) is 13.6 Å². The van der Waals surface area contributed by atoms with Crippen molar-refractivity contribution in [3.63, 3.8) is 0 Å². The Labute approximate surface area is 111 Å². The first kappa shape index (κ1) is 15.0. The Hall–Kier alpha value is -1.05. The highest BCUT2D eigenvalue weighted by atomic mass is 79.9. The van der Waals surface area contributed by atoms with Crippen molar-refractivity contribution in [2.75, 3.05) is 6.54 Å². The predicted molar refractivity (Wildman–Crippen MR) is 63.1 cm³/mol. The second-order valence-corrected chi connectivity index (χ2v) is 5.03. The average molecular weight is 328 g/mol. The molecule has 0 spiro atoms. The van der Waals surface area contributed by atoms with Crippen LogP contribution in [-0.4, -0.2) is 22.2 Å². The van der Waals surface area contributed by atoms with Gasteiger partial charge in [-0.25, -0.2) is 0 Å². The van der Waals surface area contributed by atoms with E-state index in [0.29, 0.717) is 6.54 Å². The zero-order valence-electron chi connectivity index (χ0n) is 10.1. The maximum Gasteiger partial charge on any atom is 0.436 e. The van der Waals surface area contributed by atoms with E-state index >= 15 is 0 Å². The normalized spacial score (nSPS) is 12.0. The van der Waals surface area contributed by atoms with Crippen LogP contribution in [0, 0.1) is 5.92 Å². The minimum Gasteiger partial charge on any atom is -0.350 e. The van der Waals surface area contributed by atoms with Crippen LogP contribution in [0.1, 0.15) is 30.0 Å². The summed E-state index contributed by atoms with van der Waals surface area (Å²) in [5.74, 6) is -0.371. The van der Waals surface area contributed by atoms with Crippen LogP contribution in [0.2, 0.25) is 0 Å². The van der Waals surface area contributed by atoms with Crippen LogP contribution >= 0.6 is 15.9 Å². The molecule has 1 rings (SSSR count). The summed E-state index contributed by atoms with van der Waals surface area (Å²) >= 11 is 2.78. The van der Waals surface area contributed by atoms with E-state index in [1.54, 1.807) is 0 Å². The summed E-state index contributed by atoms with van der Waals surface area (Å²) in [4.78, 5) is 11.8. The molecule has 1 heterocycles. The first-order chi connectivity index (χ1) is 8.14. The van der Waals surface area contributed by atoms with E-state index in [1.807, 2.05) is 13.8 Å². The van der Waals surface area contributed by atoms with Crippen molar-refractivity contribution in [3.05, 3.63) is 15.9 Å². The molecule has 0 aromatic carbocycles. The van der Waals surface area contributed by atoms with E-state index in [1.165, 1.54) is 7.05 Å². The number of nitrogens with zero attached hydrogens (tertiary/aromatic N) is 2. The van der Waals surface area contributed by atoms with Gasteiger partial charge in [-0.2, -0.15) is 18.3 Å². The van der Waals surface area contributed by atoms with Crippen LogP contribution in [0.5, 0.6) is 0 Å². The molecule has 0 radical (unpaired) electrons.